The van der Waals surface area contributed by atoms with Gasteiger partial charge >= 0.3 is 0 Å². The molecule has 0 bridgehead atoms. The van der Waals surface area contributed by atoms with Crippen molar-refractivity contribution in [3.63, 3.8) is 0 Å². The molecule has 0 aliphatic heterocycles. The summed E-state index contributed by atoms with van der Waals surface area (Å²) in [6.07, 6.45) is 0. The maximum Gasteiger partial charge on any atom is 0.248 e. The first-order valence-electron chi connectivity index (χ1n) is 2.86. The van der Waals surface area contributed by atoms with Crippen LogP contribution < -0.4 is 5.56 Å². The summed E-state index contributed by atoms with van der Waals surface area (Å²) in [4.78, 5) is 13.3. The molecule has 1 rings (SSSR count). The summed E-state index contributed by atoms with van der Waals surface area (Å²) in [5, 5.41) is 0. The first kappa shape index (κ1) is 6.08. The molecule has 9 heavy (non-hydrogen) atoms. The van der Waals surface area contributed by atoms with Crippen molar-refractivity contribution in [3.05, 3.63) is 33.7 Å². The van der Waals surface area contributed by atoms with E-state index in [1.54, 1.807) is 6.07 Å². The van der Waals surface area contributed by atoms with Crippen LogP contribution in [0.25, 0.3) is 0 Å². The molecule has 1 aromatic rings. The number of aryl methyl sites for hydroxylation is 2. The van der Waals surface area contributed by atoms with Crippen LogP contribution in [0, 0.1) is 13.8 Å². The van der Waals surface area contributed by atoms with Crippen molar-refractivity contribution in [2.45, 2.75) is 13.8 Å². The Labute approximate surface area is 55.0 Å². The molecule has 2 heteroatoms. The largest absolute Gasteiger partial charge is 0.327 e. The van der Waals surface area contributed by atoms with Gasteiger partial charge in [0.1, 0.15) is 0 Å². The Bertz CT molecular complexity index is 243. The minimum absolute atomic E-state index is 0. The molecular weight excluding hydrogens is 114 g/mol. The van der Waals surface area contributed by atoms with Crippen LogP contribution in [0.15, 0.2) is 16.9 Å². The van der Waals surface area contributed by atoms with Gasteiger partial charge in [0.25, 0.3) is 0 Å². The van der Waals surface area contributed by atoms with Crippen LogP contribution in [0.1, 0.15) is 12.7 Å². The highest BCUT2D eigenvalue weighted by atomic mass is 16.1. The Hall–Kier alpha value is -1.05. The van der Waals surface area contributed by atoms with E-state index in [-0.39, 0.29) is 6.99 Å². The first-order valence-corrected chi connectivity index (χ1v) is 2.86. The normalized spacial score (nSPS) is 9.56. The third-order valence-corrected chi connectivity index (χ3v) is 1.12. The maximum atomic E-state index is 10.7. The van der Waals surface area contributed by atoms with Gasteiger partial charge < -0.3 is 4.98 Å². The van der Waals surface area contributed by atoms with E-state index in [0.717, 1.165) is 11.3 Å². The van der Waals surface area contributed by atoms with Crippen molar-refractivity contribution in [1.29, 1.82) is 0 Å². The van der Waals surface area contributed by atoms with Crippen molar-refractivity contribution < 1.29 is 1.43 Å². The smallest absolute Gasteiger partial charge is 0.248 e. The fraction of sp³-hybridized carbons (Fsp3) is 0.286. The lowest BCUT2D eigenvalue weighted by molar-refractivity contribution is 1.12. The van der Waals surface area contributed by atoms with Crippen LogP contribution >= 0.6 is 0 Å². The van der Waals surface area contributed by atoms with Gasteiger partial charge in [-0.15, -0.1) is 0 Å². The van der Waals surface area contributed by atoms with Crippen LogP contribution in [-0.2, 0) is 0 Å². The number of hydrogen-bond acceptors (Lipinski definition) is 1. The molecule has 2 nitrogen and oxygen atoms in total. The highest BCUT2D eigenvalue weighted by Gasteiger charge is 1.86. The molecule has 0 spiro atoms. The van der Waals surface area contributed by atoms with E-state index in [1.807, 2.05) is 19.9 Å². The van der Waals surface area contributed by atoms with Crippen molar-refractivity contribution in [1.82, 2.24) is 4.98 Å². The van der Waals surface area contributed by atoms with Crippen LogP contribution in [0.2, 0.25) is 0 Å². The van der Waals surface area contributed by atoms with Crippen LogP contribution in [0.5, 0.6) is 0 Å². The van der Waals surface area contributed by atoms with Gasteiger partial charge in [-0.05, 0) is 25.5 Å². The molecule has 0 atom stereocenters. The predicted octanol–water partition coefficient (Wildman–Crippen LogP) is 1.24. The lowest BCUT2D eigenvalue weighted by Gasteiger charge is -1.91. The van der Waals surface area contributed by atoms with Gasteiger partial charge in [-0.3, -0.25) is 4.79 Å². The summed E-state index contributed by atoms with van der Waals surface area (Å²) >= 11 is 0. The van der Waals surface area contributed by atoms with Crippen molar-refractivity contribution in [2.75, 3.05) is 0 Å². The summed E-state index contributed by atoms with van der Waals surface area (Å²) in [5.41, 5.74) is 1.91. The molecule has 0 unspecified atom stereocenters. The van der Waals surface area contributed by atoms with E-state index in [2.05, 4.69) is 4.98 Å². The number of aromatic nitrogens is 1. The van der Waals surface area contributed by atoms with E-state index in [0.29, 0.717) is 0 Å². The van der Waals surface area contributed by atoms with Gasteiger partial charge in [0.15, 0.2) is 0 Å². The third kappa shape index (κ3) is 1.42. The van der Waals surface area contributed by atoms with Crippen molar-refractivity contribution >= 4 is 0 Å². The molecule has 0 saturated carbocycles. The standard InChI is InChI=1S/C7H9NO.H2/c1-5-3-6(2)8-7(9)4-5;/h3-4H,1-2H3,(H,8,9);1H. The van der Waals surface area contributed by atoms with E-state index in [9.17, 15) is 4.79 Å². The molecule has 0 fully saturated rings. The molecule has 0 aliphatic carbocycles. The summed E-state index contributed by atoms with van der Waals surface area (Å²) < 4.78 is 0. The highest BCUT2D eigenvalue weighted by Crippen LogP contribution is 1.92. The Morgan fingerprint density at radius 2 is 2.11 bits per heavy atom. The monoisotopic (exact) mass is 125 g/mol. The molecule has 0 aromatic carbocycles. The Morgan fingerprint density at radius 1 is 1.44 bits per heavy atom. The van der Waals surface area contributed by atoms with E-state index in [4.69, 9.17) is 0 Å². The fourth-order valence-electron chi connectivity index (χ4n) is 0.856. The molecule has 0 radical (unpaired) electrons. The zero-order valence-electron chi connectivity index (χ0n) is 5.56. The summed E-state index contributed by atoms with van der Waals surface area (Å²) in [6.45, 7) is 3.77. The number of aromatic amines is 1. The van der Waals surface area contributed by atoms with E-state index in [1.165, 1.54) is 0 Å². The summed E-state index contributed by atoms with van der Waals surface area (Å²) in [7, 11) is 0. The molecule has 0 aliphatic rings. The molecule has 0 amide bonds. The Balaban J connectivity index is 0.000000810. The number of hydrogen-bond donors (Lipinski definition) is 1. The van der Waals surface area contributed by atoms with Crippen molar-refractivity contribution in [2.24, 2.45) is 0 Å². The average Bonchev–Trinajstić information content (AvgIpc) is 1.59. The number of rotatable bonds is 0. The quantitative estimate of drug-likeness (QED) is 0.556. The Kier molecular flexibility index (Phi) is 1.39. The lowest BCUT2D eigenvalue weighted by atomic mass is 10.2. The summed E-state index contributed by atoms with van der Waals surface area (Å²) in [6, 6.07) is 3.51. The lowest BCUT2D eigenvalue weighted by Crippen LogP contribution is -2.05. The number of H-pyrrole nitrogens is 1. The zero-order valence-corrected chi connectivity index (χ0v) is 5.56. The van der Waals surface area contributed by atoms with Crippen LogP contribution in [-0.4, -0.2) is 4.98 Å². The molecular formula is C7H11NO. The Morgan fingerprint density at radius 3 is 2.56 bits per heavy atom. The second-order valence-corrected chi connectivity index (χ2v) is 2.20. The molecule has 1 heterocycles. The van der Waals surface area contributed by atoms with Gasteiger partial charge in [0.05, 0.1) is 0 Å². The van der Waals surface area contributed by atoms with Gasteiger partial charge in [0, 0.05) is 13.2 Å². The van der Waals surface area contributed by atoms with Crippen LogP contribution in [0.3, 0.4) is 0 Å². The van der Waals surface area contributed by atoms with Gasteiger partial charge in [-0.1, -0.05) is 0 Å². The van der Waals surface area contributed by atoms with Crippen LogP contribution in [0.4, 0.5) is 0 Å². The molecule has 0 saturated heterocycles. The first-order chi connectivity index (χ1) is 4.18. The van der Waals surface area contributed by atoms with Gasteiger partial charge in [-0.25, -0.2) is 0 Å². The highest BCUT2D eigenvalue weighted by molar-refractivity contribution is 5.12. The summed E-state index contributed by atoms with van der Waals surface area (Å²) in [5.74, 6) is 0. The van der Waals surface area contributed by atoms with Gasteiger partial charge in [0.2, 0.25) is 5.56 Å². The van der Waals surface area contributed by atoms with E-state index < -0.39 is 0 Å². The second kappa shape index (κ2) is 2.05. The second-order valence-electron chi connectivity index (χ2n) is 2.20. The zero-order chi connectivity index (χ0) is 6.85. The minimum Gasteiger partial charge on any atom is -0.327 e. The third-order valence-electron chi connectivity index (χ3n) is 1.12. The minimum atomic E-state index is -0.0208. The maximum absolute atomic E-state index is 10.7. The van der Waals surface area contributed by atoms with E-state index >= 15 is 0 Å². The topological polar surface area (TPSA) is 32.9 Å². The molecule has 1 aromatic heterocycles. The molecule has 1 N–H and O–H groups in total. The van der Waals surface area contributed by atoms with Gasteiger partial charge in [-0.2, -0.15) is 0 Å². The number of nitrogens with one attached hydrogen (secondary N) is 1. The predicted molar refractivity (Wildman–Crippen MR) is 38.7 cm³/mol. The fourth-order valence-corrected chi connectivity index (χ4v) is 0.856. The SMILES string of the molecule is Cc1cc(C)[nH]c(=O)c1.[HH]. The van der Waals surface area contributed by atoms with Crippen molar-refractivity contribution in [3.8, 4) is 0 Å². The molecule has 50 valence electrons. The average molecular weight is 125 g/mol. The number of pyridine rings is 1.